The lowest BCUT2D eigenvalue weighted by Crippen LogP contribution is -2.35. The molecule has 1 aromatic heterocycles. The van der Waals surface area contributed by atoms with Gasteiger partial charge in [0.15, 0.2) is 11.5 Å². The van der Waals surface area contributed by atoms with Crippen LogP contribution in [0.2, 0.25) is 0 Å². The molecule has 3 amide bonds. The standard InChI is InChI=1S/C26H23N3O5/c1-32-23-15-20-21(16-24(23)33-2)27-13-12-22(20)34-19-10-8-18(9-11-19)28-26(31)29-25(30)14-17-6-4-3-5-7-17/h3-13,15-16H,14H2,1-2H3,(H2,28,29,30,31). The van der Waals surface area contributed by atoms with Crippen LogP contribution >= 0.6 is 0 Å². The Morgan fingerprint density at radius 3 is 2.26 bits per heavy atom. The van der Waals surface area contributed by atoms with Gasteiger partial charge < -0.3 is 19.5 Å². The van der Waals surface area contributed by atoms with Crippen LogP contribution in [0.1, 0.15) is 5.56 Å². The van der Waals surface area contributed by atoms with Gasteiger partial charge in [0, 0.05) is 23.3 Å². The third-order valence-electron chi connectivity index (χ3n) is 5.01. The Morgan fingerprint density at radius 2 is 1.56 bits per heavy atom. The number of benzene rings is 3. The molecule has 0 unspecified atom stereocenters. The summed E-state index contributed by atoms with van der Waals surface area (Å²) in [5, 5.41) is 5.73. The van der Waals surface area contributed by atoms with E-state index >= 15 is 0 Å². The van der Waals surface area contributed by atoms with Crippen molar-refractivity contribution in [3.63, 3.8) is 0 Å². The predicted octanol–water partition coefficient (Wildman–Crippen LogP) is 4.94. The number of methoxy groups -OCH3 is 2. The number of carbonyl (C=O) groups excluding carboxylic acids is 2. The van der Waals surface area contributed by atoms with Gasteiger partial charge in [-0.2, -0.15) is 0 Å². The number of ether oxygens (including phenoxy) is 3. The minimum atomic E-state index is -0.601. The van der Waals surface area contributed by atoms with E-state index in [1.165, 1.54) is 0 Å². The number of amides is 3. The van der Waals surface area contributed by atoms with E-state index in [0.717, 1.165) is 10.9 Å². The van der Waals surface area contributed by atoms with Crippen LogP contribution < -0.4 is 24.8 Å². The maximum atomic E-state index is 12.1. The number of aromatic nitrogens is 1. The number of hydrogen-bond acceptors (Lipinski definition) is 6. The summed E-state index contributed by atoms with van der Waals surface area (Å²) >= 11 is 0. The lowest BCUT2D eigenvalue weighted by atomic mass is 10.1. The molecule has 0 aliphatic rings. The third-order valence-corrected chi connectivity index (χ3v) is 5.01. The number of hydrogen-bond donors (Lipinski definition) is 2. The fourth-order valence-electron chi connectivity index (χ4n) is 3.38. The molecule has 2 N–H and O–H groups in total. The molecule has 4 rings (SSSR count). The van der Waals surface area contributed by atoms with Crippen molar-refractivity contribution in [3.8, 4) is 23.0 Å². The van der Waals surface area contributed by atoms with E-state index < -0.39 is 6.03 Å². The van der Waals surface area contributed by atoms with E-state index in [0.29, 0.717) is 34.2 Å². The van der Waals surface area contributed by atoms with Crippen LogP contribution in [0.15, 0.2) is 79.0 Å². The highest BCUT2D eigenvalue weighted by atomic mass is 16.5. The molecule has 0 bridgehead atoms. The maximum Gasteiger partial charge on any atom is 0.325 e. The van der Waals surface area contributed by atoms with E-state index in [-0.39, 0.29) is 12.3 Å². The summed E-state index contributed by atoms with van der Waals surface area (Å²) < 4.78 is 16.8. The van der Waals surface area contributed by atoms with Gasteiger partial charge in [-0.25, -0.2) is 4.79 Å². The third kappa shape index (κ3) is 5.42. The number of fused-ring (bicyclic) bond motifs is 1. The smallest absolute Gasteiger partial charge is 0.325 e. The zero-order valence-corrected chi connectivity index (χ0v) is 18.7. The van der Waals surface area contributed by atoms with E-state index in [9.17, 15) is 9.59 Å². The topological polar surface area (TPSA) is 98.8 Å². The molecular formula is C26H23N3O5. The Kier molecular flexibility index (Phi) is 6.88. The molecule has 0 aliphatic carbocycles. The molecule has 4 aromatic rings. The fourth-order valence-corrected chi connectivity index (χ4v) is 3.38. The van der Waals surface area contributed by atoms with E-state index in [4.69, 9.17) is 14.2 Å². The average molecular weight is 457 g/mol. The average Bonchev–Trinajstić information content (AvgIpc) is 2.85. The Labute approximate surface area is 196 Å². The first-order valence-electron chi connectivity index (χ1n) is 10.5. The van der Waals surface area contributed by atoms with Crippen LogP contribution in [0.3, 0.4) is 0 Å². The number of pyridine rings is 1. The van der Waals surface area contributed by atoms with Gasteiger partial charge in [-0.1, -0.05) is 30.3 Å². The summed E-state index contributed by atoms with van der Waals surface area (Å²) in [6, 6.07) is 20.8. The molecule has 0 fully saturated rings. The van der Waals surface area contributed by atoms with Gasteiger partial charge in [-0.05, 0) is 42.0 Å². The second-order valence-corrected chi connectivity index (χ2v) is 7.32. The summed E-state index contributed by atoms with van der Waals surface area (Å²) in [4.78, 5) is 28.6. The first-order valence-corrected chi connectivity index (χ1v) is 10.5. The highest BCUT2D eigenvalue weighted by Crippen LogP contribution is 2.36. The zero-order chi connectivity index (χ0) is 23.9. The number of urea groups is 1. The molecule has 8 heteroatoms. The molecule has 172 valence electrons. The van der Waals surface area contributed by atoms with Crippen LogP contribution in [0.25, 0.3) is 10.9 Å². The summed E-state index contributed by atoms with van der Waals surface area (Å²) in [5.41, 5.74) is 2.04. The van der Waals surface area contributed by atoms with Crippen LogP contribution in [0.5, 0.6) is 23.0 Å². The molecule has 0 saturated carbocycles. The van der Waals surface area contributed by atoms with Gasteiger partial charge in [0.25, 0.3) is 0 Å². The molecule has 0 spiro atoms. The molecule has 8 nitrogen and oxygen atoms in total. The lowest BCUT2D eigenvalue weighted by molar-refractivity contribution is -0.119. The molecule has 1 heterocycles. The summed E-state index contributed by atoms with van der Waals surface area (Å²) in [6.07, 6.45) is 1.77. The van der Waals surface area contributed by atoms with Crippen LogP contribution in [-0.2, 0) is 11.2 Å². The van der Waals surface area contributed by atoms with Crippen LogP contribution in [-0.4, -0.2) is 31.1 Å². The first-order chi connectivity index (χ1) is 16.6. The number of rotatable bonds is 7. The zero-order valence-electron chi connectivity index (χ0n) is 18.7. The maximum absolute atomic E-state index is 12.1. The minimum Gasteiger partial charge on any atom is -0.493 e. The van der Waals surface area contributed by atoms with Gasteiger partial charge in [-0.15, -0.1) is 0 Å². The fraction of sp³-hybridized carbons (Fsp3) is 0.115. The van der Waals surface area contributed by atoms with Crippen LogP contribution in [0, 0.1) is 0 Å². The molecule has 3 aromatic carbocycles. The van der Waals surface area contributed by atoms with Gasteiger partial charge in [-0.3, -0.25) is 15.1 Å². The number of carbonyl (C=O) groups is 2. The molecule has 0 aliphatic heterocycles. The first kappa shape index (κ1) is 22.6. The van der Waals surface area contributed by atoms with Crippen molar-refractivity contribution in [1.29, 1.82) is 0 Å². The van der Waals surface area contributed by atoms with Crippen molar-refractivity contribution in [2.75, 3.05) is 19.5 Å². The van der Waals surface area contributed by atoms with Crippen molar-refractivity contribution in [2.45, 2.75) is 6.42 Å². The monoisotopic (exact) mass is 457 g/mol. The van der Waals surface area contributed by atoms with Gasteiger partial charge in [0.1, 0.15) is 11.5 Å². The highest BCUT2D eigenvalue weighted by molar-refractivity contribution is 6.01. The second-order valence-electron chi connectivity index (χ2n) is 7.32. The summed E-state index contributed by atoms with van der Waals surface area (Å²) in [7, 11) is 3.14. The number of imide groups is 1. The SMILES string of the molecule is COc1cc2nccc(Oc3ccc(NC(=O)NC(=O)Cc4ccccc4)cc3)c2cc1OC. The van der Waals surface area contributed by atoms with Crippen molar-refractivity contribution in [2.24, 2.45) is 0 Å². The van der Waals surface area contributed by atoms with Gasteiger partial charge in [0.05, 0.1) is 26.2 Å². The van der Waals surface area contributed by atoms with Gasteiger partial charge in [0.2, 0.25) is 5.91 Å². The molecule has 0 atom stereocenters. The number of nitrogens with zero attached hydrogens (tertiary/aromatic N) is 1. The van der Waals surface area contributed by atoms with E-state index in [1.54, 1.807) is 56.8 Å². The number of nitrogens with one attached hydrogen (secondary N) is 2. The molecular weight excluding hydrogens is 434 g/mol. The molecule has 34 heavy (non-hydrogen) atoms. The molecule has 0 saturated heterocycles. The van der Waals surface area contributed by atoms with Crippen molar-refractivity contribution < 1.29 is 23.8 Å². The Balaban J connectivity index is 1.40. The normalized spacial score (nSPS) is 10.4. The Bertz CT molecular complexity index is 1310. The number of anilines is 1. The van der Waals surface area contributed by atoms with Crippen LogP contribution in [0.4, 0.5) is 10.5 Å². The lowest BCUT2D eigenvalue weighted by Gasteiger charge is -2.13. The predicted molar refractivity (Wildman–Crippen MR) is 129 cm³/mol. The summed E-state index contributed by atoms with van der Waals surface area (Å²) in [6.45, 7) is 0. The highest BCUT2D eigenvalue weighted by Gasteiger charge is 2.12. The largest absolute Gasteiger partial charge is 0.493 e. The summed E-state index contributed by atoms with van der Waals surface area (Å²) in [5.74, 6) is 1.92. The Morgan fingerprint density at radius 1 is 0.853 bits per heavy atom. The minimum absolute atomic E-state index is 0.123. The Hall–Kier alpha value is -4.59. The van der Waals surface area contributed by atoms with Crippen molar-refractivity contribution in [3.05, 3.63) is 84.6 Å². The van der Waals surface area contributed by atoms with Crippen molar-refractivity contribution in [1.82, 2.24) is 10.3 Å². The molecule has 0 radical (unpaired) electrons. The van der Waals surface area contributed by atoms with Gasteiger partial charge >= 0.3 is 6.03 Å². The van der Waals surface area contributed by atoms with Crippen molar-refractivity contribution >= 4 is 28.5 Å². The quantitative estimate of drug-likeness (QED) is 0.408. The second kappa shape index (κ2) is 10.4. The van der Waals surface area contributed by atoms with E-state index in [1.807, 2.05) is 36.4 Å². The van der Waals surface area contributed by atoms with E-state index in [2.05, 4.69) is 15.6 Å².